The van der Waals surface area contributed by atoms with E-state index in [9.17, 15) is 14.7 Å². The first kappa shape index (κ1) is 21.8. The fourth-order valence-electron chi connectivity index (χ4n) is 9.09. The van der Waals surface area contributed by atoms with Crippen molar-refractivity contribution in [3.05, 3.63) is 34.9 Å². The van der Waals surface area contributed by atoms with E-state index in [1.807, 2.05) is 19.9 Å². The highest BCUT2D eigenvalue weighted by Gasteiger charge is 2.84. The molecule has 8 atom stereocenters. The lowest BCUT2D eigenvalue weighted by atomic mass is 9.46. The summed E-state index contributed by atoms with van der Waals surface area (Å²) in [4.78, 5) is 25.9. The first-order valence-electron chi connectivity index (χ1n) is 12.6. The molecule has 0 amide bonds. The van der Waals surface area contributed by atoms with Crippen LogP contribution in [0.4, 0.5) is 0 Å². The maximum absolute atomic E-state index is 13.3. The average Bonchev–Trinajstić information content (AvgIpc) is 3.10. The predicted octanol–water partition coefficient (Wildman–Crippen LogP) is 4.59. The molecule has 2 aliphatic heterocycles. The second-order valence-electron chi connectivity index (χ2n) is 12.2. The van der Waals surface area contributed by atoms with Gasteiger partial charge in [0.2, 0.25) is 0 Å². The predicted molar refractivity (Wildman–Crippen MR) is 123 cm³/mol. The molecular formula is C28H36O5. The third-order valence-electron chi connectivity index (χ3n) is 11.4. The monoisotopic (exact) mass is 452 g/mol. The molecule has 2 bridgehead atoms. The number of rotatable bonds is 1. The van der Waals surface area contributed by atoms with Gasteiger partial charge in [0, 0.05) is 23.8 Å². The molecule has 5 heteroatoms. The van der Waals surface area contributed by atoms with Gasteiger partial charge in [-0.05, 0) is 77.2 Å². The van der Waals surface area contributed by atoms with Crippen molar-refractivity contribution in [3.8, 4) is 0 Å². The van der Waals surface area contributed by atoms with Crippen molar-refractivity contribution >= 4 is 11.8 Å². The highest BCUT2D eigenvalue weighted by Crippen LogP contribution is 2.77. The third kappa shape index (κ3) is 2.18. The second-order valence-corrected chi connectivity index (χ2v) is 12.2. The van der Waals surface area contributed by atoms with E-state index in [0.717, 1.165) is 36.8 Å². The highest BCUT2D eigenvalue weighted by atomic mass is 16.6. The Morgan fingerprint density at radius 1 is 1.06 bits per heavy atom. The fourth-order valence-corrected chi connectivity index (χ4v) is 9.09. The molecule has 1 N–H and O–H groups in total. The van der Waals surface area contributed by atoms with Crippen molar-refractivity contribution in [3.63, 3.8) is 0 Å². The molecule has 3 fully saturated rings. The van der Waals surface area contributed by atoms with Gasteiger partial charge in [0.15, 0.2) is 0 Å². The van der Waals surface area contributed by atoms with E-state index in [1.54, 1.807) is 6.92 Å². The van der Waals surface area contributed by atoms with Crippen molar-refractivity contribution in [2.24, 2.45) is 22.7 Å². The zero-order valence-corrected chi connectivity index (χ0v) is 20.5. The fraction of sp³-hybridized carbons (Fsp3) is 0.714. The Bertz CT molecular complexity index is 1070. The van der Waals surface area contributed by atoms with Crippen LogP contribution in [0.15, 0.2) is 34.9 Å². The van der Waals surface area contributed by atoms with Crippen molar-refractivity contribution in [2.45, 2.75) is 102 Å². The Kier molecular flexibility index (Phi) is 4.15. The number of carbonyl (C=O) groups is 2. The first-order valence-corrected chi connectivity index (χ1v) is 12.6. The Balaban J connectivity index is 1.46. The van der Waals surface area contributed by atoms with Gasteiger partial charge >= 0.3 is 5.97 Å². The van der Waals surface area contributed by atoms with Crippen LogP contribution in [0.3, 0.4) is 0 Å². The summed E-state index contributed by atoms with van der Waals surface area (Å²) in [5.74, 6) is 0.359. The quantitative estimate of drug-likeness (QED) is 0.589. The molecular weight excluding hydrogens is 416 g/mol. The normalized spacial score (nSPS) is 52.8. The molecule has 2 heterocycles. The average molecular weight is 453 g/mol. The lowest BCUT2D eigenvalue weighted by Crippen LogP contribution is -2.63. The van der Waals surface area contributed by atoms with Crippen molar-refractivity contribution in [2.75, 3.05) is 0 Å². The molecule has 2 saturated carbocycles. The number of hydrogen-bond acceptors (Lipinski definition) is 5. The number of hydrogen-bond donors (Lipinski definition) is 1. The molecule has 0 radical (unpaired) electrons. The van der Waals surface area contributed by atoms with Gasteiger partial charge in [-0.25, -0.2) is 4.79 Å². The van der Waals surface area contributed by atoms with E-state index in [0.29, 0.717) is 30.6 Å². The van der Waals surface area contributed by atoms with Crippen molar-refractivity contribution in [1.82, 2.24) is 0 Å². The number of ketones is 1. The lowest BCUT2D eigenvalue weighted by molar-refractivity contribution is -0.247. The summed E-state index contributed by atoms with van der Waals surface area (Å²) in [6.45, 7) is 10.1. The minimum absolute atomic E-state index is 0.161. The molecule has 0 spiro atoms. The summed E-state index contributed by atoms with van der Waals surface area (Å²) in [5, 5.41) is 12.4. The van der Waals surface area contributed by atoms with Crippen LogP contribution in [-0.4, -0.2) is 39.8 Å². The Morgan fingerprint density at radius 3 is 2.55 bits per heavy atom. The number of esters is 1. The molecule has 5 nitrogen and oxygen atoms in total. The van der Waals surface area contributed by atoms with Crippen LogP contribution in [0, 0.1) is 22.7 Å². The summed E-state index contributed by atoms with van der Waals surface area (Å²) < 4.78 is 13.1. The molecule has 33 heavy (non-hydrogen) atoms. The number of fused-ring (bicyclic) bond motifs is 3. The topological polar surface area (TPSA) is 72.8 Å². The van der Waals surface area contributed by atoms with Crippen LogP contribution in [-0.2, 0) is 19.1 Å². The largest absolute Gasteiger partial charge is 0.455 e. The number of cyclic esters (lactones) is 1. The molecule has 6 rings (SSSR count). The number of ether oxygens (including phenoxy) is 2. The van der Waals surface area contributed by atoms with E-state index in [-0.39, 0.29) is 17.8 Å². The summed E-state index contributed by atoms with van der Waals surface area (Å²) in [6, 6.07) is 0. The summed E-state index contributed by atoms with van der Waals surface area (Å²) in [7, 11) is 0. The van der Waals surface area contributed by atoms with E-state index < -0.39 is 33.7 Å². The van der Waals surface area contributed by atoms with E-state index in [2.05, 4.69) is 26.0 Å². The molecule has 3 unspecified atom stereocenters. The molecule has 0 aromatic carbocycles. The smallest absolute Gasteiger partial charge is 0.334 e. The molecule has 0 aromatic heterocycles. The van der Waals surface area contributed by atoms with Gasteiger partial charge in [-0.3, -0.25) is 4.79 Å². The number of carbonyl (C=O) groups excluding carboxylic acids is 2. The van der Waals surface area contributed by atoms with Crippen LogP contribution < -0.4 is 0 Å². The van der Waals surface area contributed by atoms with Gasteiger partial charge < -0.3 is 14.6 Å². The highest BCUT2D eigenvalue weighted by molar-refractivity contribution is 5.92. The maximum atomic E-state index is 13.3. The zero-order valence-electron chi connectivity index (χ0n) is 20.5. The molecule has 6 aliphatic rings. The van der Waals surface area contributed by atoms with Crippen molar-refractivity contribution in [1.29, 1.82) is 0 Å². The molecule has 1 saturated heterocycles. The molecule has 4 aliphatic carbocycles. The van der Waals surface area contributed by atoms with Crippen LogP contribution in [0.5, 0.6) is 0 Å². The number of aliphatic hydroxyl groups is 1. The van der Waals surface area contributed by atoms with E-state index in [4.69, 9.17) is 9.47 Å². The first-order chi connectivity index (χ1) is 15.4. The summed E-state index contributed by atoms with van der Waals surface area (Å²) in [5.41, 5.74) is -0.681. The Labute approximate surface area is 196 Å². The summed E-state index contributed by atoms with van der Waals surface area (Å²) >= 11 is 0. The van der Waals surface area contributed by atoms with Gasteiger partial charge in [0.25, 0.3) is 0 Å². The SMILES string of the molecule is CC1=C(C)C(=O)OC([C@]2(C)O[C@@]34CC[C@]2(O)[C@@]3(C)CCC2C4CC=C3C=CCC(=O)[C@@]32C)C1. The number of Topliss-reactive ketones (excluding diaryl/α,β-unsaturated/α-hetero) is 1. The van der Waals surface area contributed by atoms with Gasteiger partial charge in [-0.2, -0.15) is 0 Å². The zero-order chi connectivity index (χ0) is 23.6. The van der Waals surface area contributed by atoms with Crippen LogP contribution >= 0.6 is 0 Å². The van der Waals surface area contributed by atoms with Crippen molar-refractivity contribution < 1.29 is 24.2 Å². The van der Waals surface area contributed by atoms with Crippen LogP contribution in [0.2, 0.25) is 0 Å². The number of allylic oxidation sites excluding steroid dienone is 4. The third-order valence-corrected chi connectivity index (χ3v) is 11.4. The van der Waals surface area contributed by atoms with E-state index in [1.165, 1.54) is 0 Å². The second kappa shape index (κ2) is 6.28. The van der Waals surface area contributed by atoms with Crippen LogP contribution in [0.1, 0.15) is 79.6 Å². The minimum atomic E-state index is -1.08. The Hall–Kier alpha value is -1.72. The molecule has 0 aromatic rings. The Morgan fingerprint density at radius 2 is 1.82 bits per heavy atom. The summed E-state index contributed by atoms with van der Waals surface area (Å²) in [6.07, 6.45) is 11.0. The van der Waals surface area contributed by atoms with Gasteiger partial charge in [0.1, 0.15) is 23.1 Å². The minimum Gasteiger partial charge on any atom is -0.455 e. The standard InChI is InChI=1S/C28H36O5/c1-16-15-22(32-23(30)17(16)2)26(5)28(31)14-13-27(33-26)20-10-9-18-7-6-8-21(29)25(18,4)19(20)11-12-24(27,28)3/h6-7,9,19-20,22,31H,8,10-15H2,1-5H3/t19?,20?,22?,24-,25-,26-,27+,28-/m0/s1. The lowest BCUT2D eigenvalue weighted by Gasteiger charge is -2.59. The van der Waals surface area contributed by atoms with Gasteiger partial charge in [0.05, 0.1) is 11.0 Å². The van der Waals surface area contributed by atoms with Crippen LogP contribution in [0.25, 0.3) is 0 Å². The molecule has 178 valence electrons. The van der Waals surface area contributed by atoms with E-state index >= 15 is 0 Å². The maximum Gasteiger partial charge on any atom is 0.334 e. The van der Waals surface area contributed by atoms with Gasteiger partial charge in [-0.15, -0.1) is 0 Å². The van der Waals surface area contributed by atoms with Gasteiger partial charge in [-0.1, -0.05) is 30.7 Å².